The Morgan fingerprint density at radius 2 is 1.95 bits per heavy atom. The van der Waals surface area contributed by atoms with Gasteiger partial charge in [0.1, 0.15) is 17.3 Å². The maximum absolute atomic E-state index is 13.9. The van der Waals surface area contributed by atoms with Gasteiger partial charge in [0.25, 0.3) is 0 Å². The van der Waals surface area contributed by atoms with Gasteiger partial charge in [0, 0.05) is 17.8 Å². The third-order valence-electron chi connectivity index (χ3n) is 2.83. The fourth-order valence-electron chi connectivity index (χ4n) is 1.93. The highest BCUT2D eigenvalue weighted by Gasteiger charge is 2.20. The molecule has 3 rings (SSSR count). The van der Waals surface area contributed by atoms with Crippen LogP contribution in [0.25, 0.3) is 22.5 Å². The Hall–Kier alpha value is -2.76. The number of halogens is 2. The van der Waals surface area contributed by atoms with Crippen molar-refractivity contribution in [1.82, 2.24) is 10.1 Å². The van der Waals surface area contributed by atoms with Crippen LogP contribution in [0, 0.1) is 11.6 Å². The van der Waals surface area contributed by atoms with Crippen molar-refractivity contribution in [3.8, 4) is 22.5 Å². The van der Waals surface area contributed by atoms with E-state index in [1.165, 1.54) is 6.07 Å². The van der Waals surface area contributed by atoms with E-state index in [1.807, 2.05) is 0 Å². The standard InChI is InChI=1S/C14H9F2N3O/c15-8-4-5-9(10(16)7-8)13-12(14(17)20-19-13)11-3-1-2-6-18-11/h1-7H,17H2. The van der Waals surface area contributed by atoms with Gasteiger partial charge in [-0.05, 0) is 24.3 Å². The van der Waals surface area contributed by atoms with Gasteiger partial charge in [0.15, 0.2) is 0 Å². The summed E-state index contributed by atoms with van der Waals surface area (Å²) in [5, 5.41) is 3.75. The predicted octanol–water partition coefficient (Wildman–Crippen LogP) is 3.26. The lowest BCUT2D eigenvalue weighted by Crippen LogP contribution is -1.92. The number of hydrogen-bond acceptors (Lipinski definition) is 4. The monoisotopic (exact) mass is 273 g/mol. The molecule has 3 aromatic rings. The molecule has 20 heavy (non-hydrogen) atoms. The minimum atomic E-state index is -0.740. The molecule has 0 aliphatic carbocycles. The van der Waals surface area contributed by atoms with Crippen molar-refractivity contribution in [1.29, 1.82) is 0 Å². The van der Waals surface area contributed by atoms with Gasteiger partial charge in [-0.2, -0.15) is 0 Å². The summed E-state index contributed by atoms with van der Waals surface area (Å²) < 4.78 is 31.7. The Morgan fingerprint density at radius 3 is 2.65 bits per heavy atom. The zero-order chi connectivity index (χ0) is 14.1. The average molecular weight is 273 g/mol. The van der Waals surface area contributed by atoms with Crippen molar-refractivity contribution < 1.29 is 13.3 Å². The number of nitrogen functional groups attached to an aromatic ring is 1. The van der Waals surface area contributed by atoms with Crippen LogP contribution in [0.4, 0.5) is 14.7 Å². The van der Waals surface area contributed by atoms with Gasteiger partial charge in [-0.3, -0.25) is 4.98 Å². The molecule has 6 heteroatoms. The number of hydrogen-bond donors (Lipinski definition) is 1. The van der Waals surface area contributed by atoms with Crippen molar-refractivity contribution in [3.05, 3.63) is 54.2 Å². The summed E-state index contributed by atoms with van der Waals surface area (Å²) in [4.78, 5) is 4.14. The summed E-state index contributed by atoms with van der Waals surface area (Å²) in [6, 6.07) is 8.42. The van der Waals surface area contributed by atoms with Crippen LogP contribution in [0.15, 0.2) is 47.1 Å². The van der Waals surface area contributed by atoms with Crippen molar-refractivity contribution >= 4 is 5.88 Å². The van der Waals surface area contributed by atoms with E-state index in [2.05, 4.69) is 10.1 Å². The first-order valence-electron chi connectivity index (χ1n) is 5.79. The summed E-state index contributed by atoms with van der Waals surface area (Å²) >= 11 is 0. The van der Waals surface area contributed by atoms with E-state index in [9.17, 15) is 8.78 Å². The highest BCUT2D eigenvalue weighted by atomic mass is 19.1. The summed E-state index contributed by atoms with van der Waals surface area (Å²) in [7, 11) is 0. The Balaban J connectivity index is 2.21. The molecule has 0 aliphatic rings. The summed E-state index contributed by atoms with van der Waals surface area (Å²) in [5.41, 5.74) is 6.91. The van der Waals surface area contributed by atoms with E-state index in [0.717, 1.165) is 12.1 Å². The van der Waals surface area contributed by atoms with E-state index >= 15 is 0 Å². The smallest absolute Gasteiger partial charge is 0.232 e. The maximum Gasteiger partial charge on any atom is 0.232 e. The molecule has 100 valence electrons. The predicted molar refractivity (Wildman–Crippen MR) is 69.5 cm³/mol. The van der Waals surface area contributed by atoms with Gasteiger partial charge in [-0.15, -0.1) is 0 Å². The van der Waals surface area contributed by atoms with Crippen molar-refractivity contribution in [3.63, 3.8) is 0 Å². The lowest BCUT2D eigenvalue weighted by atomic mass is 10.0. The molecule has 0 aliphatic heterocycles. The zero-order valence-corrected chi connectivity index (χ0v) is 10.2. The molecule has 0 saturated carbocycles. The molecule has 2 heterocycles. The zero-order valence-electron chi connectivity index (χ0n) is 10.2. The molecule has 0 fully saturated rings. The summed E-state index contributed by atoms with van der Waals surface area (Å²) in [6.07, 6.45) is 1.58. The minimum Gasteiger partial charge on any atom is -0.367 e. The number of anilines is 1. The summed E-state index contributed by atoms with van der Waals surface area (Å²) in [6.45, 7) is 0. The topological polar surface area (TPSA) is 64.9 Å². The second kappa shape index (κ2) is 4.73. The number of pyridine rings is 1. The maximum atomic E-state index is 13.9. The Labute approximate surface area is 112 Å². The van der Waals surface area contributed by atoms with Crippen molar-refractivity contribution in [2.45, 2.75) is 0 Å². The van der Waals surface area contributed by atoms with Crippen LogP contribution in [0.1, 0.15) is 0 Å². The molecule has 0 unspecified atom stereocenters. The van der Waals surface area contributed by atoms with Gasteiger partial charge in [0.05, 0.1) is 11.3 Å². The fraction of sp³-hybridized carbons (Fsp3) is 0. The number of nitrogens with two attached hydrogens (primary N) is 1. The molecule has 2 aromatic heterocycles. The molecule has 0 saturated heterocycles. The molecule has 0 amide bonds. The largest absolute Gasteiger partial charge is 0.367 e. The average Bonchev–Trinajstić information content (AvgIpc) is 2.81. The van der Waals surface area contributed by atoms with E-state index in [1.54, 1.807) is 24.4 Å². The van der Waals surface area contributed by atoms with E-state index < -0.39 is 11.6 Å². The highest BCUT2D eigenvalue weighted by molar-refractivity contribution is 5.85. The first-order chi connectivity index (χ1) is 9.66. The molecule has 0 atom stereocenters. The summed E-state index contributed by atoms with van der Waals surface area (Å²) in [5.74, 6) is -1.37. The van der Waals surface area contributed by atoms with Crippen LogP contribution < -0.4 is 5.73 Å². The highest BCUT2D eigenvalue weighted by Crippen LogP contribution is 2.36. The van der Waals surface area contributed by atoms with Crippen LogP contribution in [-0.4, -0.2) is 10.1 Å². The van der Waals surface area contributed by atoms with Gasteiger partial charge < -0.3 is 10.3 Å². The van der Waals surface area contributed by atoms with Crippen molar-refractivity contribution in [2.75, 3.05) is 5.73 Å². The van der Waals surface area contributed by atoms with Gasteiger partial charge >= 0.3 is 0 Å². The number of aromatic nitrogens is 2. The lowest BCUT2D eigenvalue weighted by Gasteiger charge is -2.03. The molecule has 1 aromatic carbocycles. The SMILES string of the molecule is Nc1onc(-c2ccc(F)cc2F)c1-c1ccccn1. The van der Waals surface area contributed by atoms with Gasteiger partial charge in [0.2, 0.25) is 5.88 Å². The van der Waals surface area contributed by atoms with E-state index in [4.69, 9.17) is 10.3 Å². The minimum absolute atomic E-state index is 0.0300. The molecule has 0 spiro atoms. The molecular formula is C14H9F2N3O. The fourth-order valence-corrected chi connectivity index (χ4v) is 1.93. The normalized spacial score (nSPS) is 10.7. The third kappa shape index (κ3) is 2.01. The second-order valence-corrected chi connectivity index (χ2v) is 4.11. The van der Waals surface area contributed by atoms with Crippen molar-refractivity contribution in [2.24, 2.45) is 0 Å². The van der Waals surface area contributed by atoms with E-state index in [-0.39, 0.29) is 17.1 Å². The van der Waals surface area contributed by atoms with Crippen LogP contribution in [0.3, 0.4) is 0 Å². The molecule has 0 bridgehead atoms. The number of nitrogens with zero attached hydrogens (tertiary/aromatic N) is 2. The van der Waals surface area contributed by atoms with E-state index in [0.29, 0.717) is 11.3 Å². The first kappa shape index (κ1) is 12.3. The Morgan fingerprint density at radius 1 is 1.10 bits per heavy atom. The second-order valence-electron chi connectivity index (χ2n) is 4.11. The Bertz CT molecular complexity index is 756. The first-order valence-corrected chi connectivity index (χ1v) is 5.79. The van der Waals surface area contributed by atoms with Crippen LogP contribution in [0.5, 0.6) is 0 Å². The Kier molecular flexibility index (Phi) is 2.90. The quantitative estimate of drug-likeness (QED) is 0.778. The van der Waals surface area contributed by atoms with Crippen LogP contribution in [0.2, 0.25) is 0 Å². The van der Waals surface area contributed by atoms with Crippen LogP contribution >= 0.6 is 0 Å². The number of benzene rings is 1. The lowest BCUT2D eigenvalue weighted by molar-refractivity contribution is 0.439. The van der Waals surface area contributed by atoms with Gasteiger partial charge in [-0.25, -0.2) is 8.78 Å². The molecule has 2 N–H and O–H groups in total. The van der Waals surface area contributed by atoms with Gasteiger partial charge in [-0.1, -0.05) is 11.2 Å². The third-order valence-corrected chi connectivity index (χ3v) is 2.83. The molecule has 0 radical (unpaired) electrons. The van der Waals surface area contributed by atoms with Crippen LogP contribution in [-0.2, 0) is 0 Å². The molecular weight excluding hydrogens is 264 g/mol. The molecule has 4 nitrogen and oxygen atoms in total. The number of rotatable bonds is 2.